The minimum Gasteiger partial charge on any atom is -0.488 e. The number of fused-ring (bicyclic) bond motifs is 4. The third kappa shape index (κ3) is 6.28. The Bertz CT molecular complexity index is 1310. The summed E-state index contributed by atoms with van der Waals surface area (Å²) in [6.45, 7) is 26.3. The van der Waals surface area contributed by atoms with E-state index in [1.165, 1.54) is 28.1 Å². The van der Waals surface area contributed by atoms with E-state index in [0.29, 0.717) is 13.2 Å². The fraction of sp³-hybridized carbons (Fsp3) is 0.703. The molecule has 1 aromatic carbocycles. The molecule has 3 aliphatic rings. The Morgan fingerprint density at radius 2 is 1.63 bits per heavy atom. The van der Waals surface area contributed by atoms with Crippen molar-refractivity contribution in [3.8, 4) is 5.75 Å². The topological polar surface area (TPSA) is 49.8 Å². The number of benzene rings is 1. The van der Waals surface area contributed by atoms with Crippen molar-refractivity contribution < 1.29 is 18.4 Å². The molecule has 240 valence electrons. The molecule has 0 saturated carbocycles. The molecule has 1 aliphatic carbocycles. The molecule has 1 unspecified atom stereocenters. The number of aromatic nitrogens is 1. The molecule has 0 radical (unpaired) electrons. The van der Waals surface area contributed by atoms with Crippen molar-refractivity contribution in [1.82, 2.24) is 4.98 Å². The molecule has 0 bridgehead atoms. The first-order valence-corrected chi connectivity index (χ1v) is 18.6. The Kier molecular flexibility index (Phi) is 8.64. The van der Waals surface area contributed by atoms with Gasteiger partial charge in [0.25, 0.3) is 0 Å². The van der Waals surface area contributed by atoms with Crippen molar-refractivity contribution in [1.29, 1.82) is 0 Å². The molecule has 5 nitrogen and oxygen atoms in total. The summed E-state index contributed by atoms with van der Waals surface area (Å²) in [5, 5.41) is 0. The number of nitrogens with zero attached hydrogens (tertiary/aromatic N) is 1. The third-order valence-electron chi connectivity index (χ3n) is 9.78. The lowest BCUT2D eigenvalue weighted by Gasteiger charge is -2.51. The number of ether oxygens (including phenoxy) is 3. The van der Waals surface area contributed by atoms with Gasteiger partial charge in [-0.1, -0.05) is 67.5 Å². The van der Waals surface area contributed by atoms with Gasteiger partial charge in [-0.05, 0) is 80.2 Å². The summed E-state index contributed by atoms with van der Waals surface area (Å²) in [5.41, 5.74) is 6.97. The predicted octanol–water partition coefficient (Wildman–Crippen LogP) is 9.71. The Morgan fingerprint density at radius 3 is 2.16 bits per heavy atom. The average molecular weight is 612 g/mol. The Morgan fingerprint density at radius 1 is 1.00 bits per heavy atom. The molecular weight excluding hydrogens is 554 g/mol. The lowest BCUT2D eigenvalue weighted by atomic mass is 9.70. The van der Waals surface area contributed by atoms with E-state index in [1.807, 2.05) is 0 Å². The van der Waals surface area contributed by atoms with Crippen LogP contribution in [-0.2, 0) is 25.7 Å². The van der Waals surface area contributed by atoms with E-state index in [1.54, 1.807) is 0 Å². The van der Waals surface area contributed by atoms with Crippen LogP contribution in [0.1, 0.15) is 147 Å². The summed E-state index contributed by atoms with van der Waals surface area (Å²) < 4.78 is 27.0. The van der Waals surface area contributed by atoms with E-state index < -0.39 is 15.9 Å². The van der Waals surface area contributed by atoms with Crippen LogP contribution in [0.25, 0.3) is 0 Å². The standard InChI is InChI=1S/C37H57NO4S/c1-13-43(12,35(7,8)9)42-28-23-36(10,11)22-27-29(28)31-30(32(38-27)24(2)3)33(41-37(31)18-20-39-21-19-37)25-14-16-26(17-15-25)40-34(4,5)6/h14-17,24,28,33H,13,18-23H2,1-12H3/t28-,33+/m0/s1. The Hall–Kier alpha value is -1.60. The highest BCUT2D eigenvalue weighted by Crippen LogP contribution is 2.64. The molecule has 1 spiro atoms. The fourth-order valence-electron chi connectivity index (χ4n) is 7.19. The van der Waals surface area contributed by atoms with Gasteiger partial charge in [-0.25, -0.2) is 0 Å². The van der Waals surface area contributed by atoms with Gasteiger partial charge >= 0.3 is 0 Å². The molecule has 43 heavy (non-hydrogen) atoms. The molecule has 6 heteroatoms. The second-order valence-electron chi connectivity index (χ2n) is 16.2. The zero-order valence-corrected chi connectivity index (χ0v) is 29.8. The van der Waals surface area contributed by atoms with Crippen LogP contribution in [0.2, 0.25) is 0 Å². The van der Waals surface area contributed by atoms with E-state index in [2.05, 4.69) is 107 Å². The van der Waals surface area contributed by atoms with Gasteiger partial charge in [-0.3, -0.25) is 4.98 Å². The number of pyridine rings is 1. The van der Waals surface area contributed by atoms with E-state index in [4.69, 9.17) is 23.4 Å². The van der Waals surface area contributed by atoms with Crippen molar-refractivity contribution in [3.05, 3.63) is 57.9 Å². The zero-order valence-electron chi connectivity index (χ0n) is 29.0. The van der Waals surface area contributed by atoms with Crippen LogP contribution in [-0.4, -0.2) is 40.6 Å². The van der Waals surface area contributed by atoms with Crippen molar-refractivity contribution in [3.63, 3.8) is 0 Å². The van der Waals surface area contributed by atoms with Crippen molar-refractivity contribution in [2.75, 3.05) is 25.2 Å². The van der Waals surface area contributed by atoms with Gasteiger partial charge in [0.05, 0.1) is 11.7 Å². The average Bonchev–Trinajstić information content (AvgIpc) is 3.20. The quantitative estimate of drug-likeness (QED) is 0.325. The minimum absolute atomic E-state index is 0.00924. The van der Waals surface area contributed by atoms with Gasteiger partial charge in [0, 0.05) is 53.3 Å². The molecule has 1 saturated heterocycles. The van der Waals surface area contributed by atoms with Gasteiger partial charge in [0.15, 0.2) is 0 Å². The van der Waals surface area contributed by atoms with Gasteiger partial charge in [-0.2, -0.15) is 0 Å². The molecule has 1 fully saturated rings. The number of rotatable bonds is 6. The van der Waals surface area contributed by atoms with Crippen molar-refractivity contribution in [2.45, 2.75) is 136 Å². The summed E-state index contributed by atoms with van der Waals surface area (Å²) in [6.07, 6.45) is 5.84. The van der Waals surface area contributed by atoms with Crippen LogP contribution in [0, 0.1) is 5.41 Å². The highest BCUT2D eigenvalue weighted by atomic mass is 32.3. The van der Waals surface area contributed by atoms with Crippen molar-refractivity contribution in [2.24, 2.45) is 5.41 Å². The molecule has 3 atom stereocenters. The van der Waals surface area contributed by atoms with Crippen LogP contribution < -0.4 is 4.74 Å². The SMILES string of the molecule is CCS(C)(O[C@H]1CC(C)(C)Cc2nc(C(C)C)c3c(c21)C1(CCOCC1)O[C@@H]3c1ccc(OC(C)(C)C)cc1)C(C)(C)C. The van der Waals surface area contributed by atoms with E-state index in [0.717, 1.165) is 42.7 Å². The van der Waals surface area contributed by atoms with Gasteiger partial charge in [0.1, 0.15) is 17.5 Å². The predicted molar refractivity (Wildman–Crippen MR) is 180 cm³/mol. The van der Waals surface area contributed by atoms with Crippen molar-refractivity contribution >= 4 is 10.3 Å². The number of hydrogen-bond donors (Lipinski definition) is 0. The monoisotopic (exact) mass is 611 g/mol. The highest BCUT2D eigenvalue weighted by Gasteiger charge is 2.53. The Labute approximate surface area is 263 Å². The summed E-state index contributed by atoms with van der Waals surface area (Å²) in [6, 6.07) is 8.55. The Balaban J connectivity index is 1.73. The minimum atomic E-state index is -1.36. The largest absolute Gasteiger partial charge is 0.488 e. The fourth-order valence-corrected chi connectivity index (χ4v) is 9.15. The number of hydrogen-bond acceptors (Lipinski definition) is 5. The van der Waals surface area contributed by atoms with E-state index in [-0.39, 0.29) is 33.9 Å². The maximum atomic E-state index is 7.46. The maximum Gasteiger partial charge on any atom is 0.120 e. The lowest BCUT2D eigenvalue weighted by Crippen LogP contribution is -2.38. The molecular formula is C37H57NO4S. The summed E-state index contributed by atoms with van der Waals surface area (Å²) >= 11 is 0. The van der Waals surface area contributed by atoms with Crippen LogP contribution in [0.3, 0.4) is 0 Å². The van der Waals surface area contributed by atoms with Crippen LogP contribution in [0.15, 0.2) is 24.3 Å². The smallest absolute Gasteiger partial charge is 0.120 e. The molecule has 0 amide bonds. The summed E-state index contributed by atoms with van der Waals surface area (Å²) in [7, 11) is -1.36. The maximum absolute atomic E-state index is 7.46. The molecule has 0 N–H and O–H groups in total. The van der Waals surface area contributed by atoms with Crippen LogP contribution >= 0.6 is 10.3 Å². The van der Waals surface area contributed by atoms with Crippen LogP contribution in [0.5, 0.6) is 5.75 Å². The van der Waals surface area contributed by atoms with Gasteiger partial charge in [-0.15, -0.1) is 10.3 Å². The third-order valence-corrected chi connectivity index (χ3v) is 14.1. The first-order chi connectivity index (χ1) is 19.9. The molecule has 1 aromatic heterocycles. The molecule has 2 aromatic rings. The first-order valence-electron chi connectivity index (χ1n) is 16.4. The van der Waals surface area contributed by atoms with E-state index >= 15 is 0 Å². The normalized spacial score (nSPS) is 25.2. The van der Waals surface area contributed by atoms with E-state index in [9.17, 15) is 0 Å². The highest BCUT2D eigenvalue weighted by molar-refractivity contribution is 8.30. The molecule has 5 rings (SSSR count). The van der Waals surface area contributed by atoms with Gasteiger partial charge in [0.2, 0.25) is 0 Å². The summed E-state index contributed by atoms with van der Waals surface area (Å²) in [4.78, 5) is 5.56. The lowest BCUT2D eigenvalue weighted by molar-refractivity contribution is -0.122. The second kappa shape index (κ2) is 11.3. The molecule has 2 aliphatic heterocycles. The zero-order chi connectivity index (χ0) is 31.6. The molecule has 3 heterocycles. The van der Waals surface area contributed by atoms with Crippen LogP contribution in [0.4, 0.5) is 0 Å². The van der Waals surface area contributed by atoms with Gasteiger partial charge < -0.3 is 18.4 Å². The second-order valence-corrected chi connectivity index (χ2v) is 20.2. The first kappa shape index (κ1) is 32.8. The summed E-state index contributed by atoms with van der Waals surface area (Å²) in [5.74, 6) is 2.18.